The van der Waals surface area contributed by atoms with Crippen LogP contribution in [0.1, 0.15) is 24.5 Å². The van der Waals surface area contributed by atoms with Gasteiger partial charge in [-0.15, -0.1) is 0 Å². The van der Waals surface area contributed by atoms with E-state index in [1.165, 1.54) is 5.56 Å². The van der Waals surface area contributed by atoms with Crippen molar-refractivity contribution in [2.75, 3.05) is 19.3 Å². The maximum Gasteiger partial charge on any atom is 0.220 e. The van der Waals surface area contributed by atoms with Crippen molar-refractivity contribution in [3.05, 3.63) is 65.7 Å². The highest BCUT2D eigenvalue weighted by Gasteiger charge is 2.11. The number of nitrogen functional groups attached to an aromatic ring is 1. The molecule has 0 spiro atoms. The molecule has 4 nitrogen and oxygen atoms in total. The predicted octanol–water partition coefficient (Wildman–Crippen LogP) is 2.84. The van der Waals surface area contributed by atoms with Crippen LogP contribution < -0.4 is 11.1 Å². The number of nitrogens with one attached hydrogen (secondary N) is 1. The van der Waals surface area contributed by atoms with Crippen LogP contribution in [0.25, 0.3) is 0 Å². The minimum Gasteiger partial charge on any atom is -0.399 e. The average Bonchev–Trinajstić information content (AvgIpc) is 2.54. The Morgan fingerprint density at radius 2 is 1.79 bits per heavy atom. The van der Waals surface area contributed by atoms with Gasteiger partial charge in [-0.05, 0) is 37.6 Å². The molecule has 1 amide bonds. The van der Waals surface area contributed by atoms with Crippen molar-refractivity contribution < 1.29 is 4.79 Å². The van der Waals surface area contributed by atoms with Gasteiger partial charge in [0.25, 0.3) is 0 Å². The summed E-state index contributed by atoms with van der Waals surface area (Å²) in [6.07, 6.45) is 1.13. The number of hydrogen-bond donors (Lipinski definition) is 2. The Bertz CT molecular complexity index is 642. The highest BCUT2D eigenvalue weighted by Crippen LogP contribution is 2.12. The topological polar surface area (TPSA) is 58.4 Å². The van der Waals surface area contributed by atoms with Gasteiger partial charge >= 0.3 is 0 Å². The molecule has 2 rings (SSSR count). The third-order valence-corrected chi connectivity index (χ3v) is 3.96. The molecule has 1 unspecified atom stereocenters. The van der Waals surface area contributed by atoms with Crippen molar-refractivity contribution >= 4 is 11.6 Å². The molecule has 2 aromatic rings. The fraction of sp³-hybridized carbons (Fsp3) is 0.350. The zero-order valence-electron chi connectivity index (χ0n) is 14.5. The zero-order valence-corrected chi connectivity index (χ0v) is 14.5. The zero-order chi connectivity index (χ0) is 17.4. The smallest absolute Gasteiger partial charge is 0.220 e. The van der Waals surface area contributed by atoms with Crippen molar-refractivity contribution in [3.63, 3.8) is 0 Å². The van der Waals surface area contributed by atoms with E-state index in [0.717, 1.165) is 24.3 Å². The Kier molecular flexibility index (Phi) is 6.82. The van der Waals surface area contributed by atoms with Crippen molar-refractivity contribution in [1.29, 1.82) is 0 Å². The molecule has 0 aromatic heterocycles. The molecule has 0 aliphatic heterocycles. The first-order valence-corrected chi connectivity index (χ1v) is 8.40. The van der Waals surface area contributed by atoms with Gasteiger partial charge in [0.15, 0.2) is 0 Å². The van der Waals surface area contributed by atoms with Crippen LogP contribution in [0, 0.1) is 0 Å². The summed E-state index contributed by atoms with van der Waals surface area (Å²) in [5.74, 6) is 0.0684. The van der Waals surface area contributed by atoms with Gasteiger partial charge < -0.3 is 16.0 Å². The number of hydrogen-bond acceptors (Lipinski definition) is 3. The molecule has 0 aliphatic carbocycles. The minimum absolute atomic E-state index is 0.0684. The number of rotatable bonds is 8. The lowest BCUT2D eigenvalue weighted by Crippen LogP contribution is -2.40. The molecule has 0 heterocycles. The number of nitrogens with zero attached hydrogens (tertiary/aromatic N) is 1. The molecule has 24 heavy (non-hydrogen) atoms. The van der Waals surface area contributed by atoms with E-state index >= 15 is 0 Å². The Morgan fingerprint density at radius 3 is 2.50 bits per heavy atom. The van der Waals surface area contributed by atoms with E-state index in [9.17, 15) is 4.79 Å². The lowest BCUT2D eigenvalue weighted by atomic mass is 10.1. The largest absolute Gasteiger partial charge is 0.399 e. The lowest BCUT2D eigenvalue weighted by molar-refractivity contribution is -0.121. The second-order valence-electron chi connectivity index (χ2n) is 6.35. The lowest BCUT2D eigenvalue weighted by Gasteiger charge is -2.22. The molecule has 4 heteroatoms. The predicted molar refractivity (Wildman–Crippen MR) is 99.6 cm³/mol. The number of nitrogens with two attached hydrogens (primary N) is 1. The summed E-state index contributed by atoms with van der Waals surface area (Å²) in [5, 5.41) is 3.06. The summed E-state index contributed by atoms with van der Waals surface area (Å²) in [4.78, 5) is 14.3. The van der Waals surface area contributed by atoms with E-state index in [4.69, 9.17) is 5.73 Å². The van der Waals surface area contributed by atoms with Gasteiger partial charge in [0.05, 0.1) is 0 Å². The molecule has 0 saturated carbocycles. The standard InChI is InChI=1S/C20H27N3O/c1-16(14-23(2)15-17-8-4-3-5-9-17)22-20(24)13-12-18-10-6-7-11-19(18)21/h3-11,16H,12-15,21H2,1-2H3,(H,22,24). The molecular formula is C20H27N3O. The number of likely N-dealkylation sites (N-methyl/N-ethyl adjacent to an activating group) is 1. The molecule has 2 aromatic carbocycles. The number of anilines is 1. The Hall–Kier alpha value is -2.33. The maximum absolute atomic E-state index is 12.1. The van der Waals surface area contributed by atoms with E-state index in [-0.39, 0.29) is 11.9 Å². The van der Waals surface area contributed by atoms with Crippen LogP contribution >= 0.6 is 0 Å². The minimum atomic E-state index is 0.0684. The van der Waals surface area contributed by atoms with Gasteiger partial charge in [-0.3, -0.25) is 4.79 Å². The van der Waals surface area contributed by atoms with Gasteiger partial charge in [0.1, 0.15) is 0 Å². The van der Waals surface area contributed by atoms with Crippen LogP contribution in [0.15, 0.2) is 54.6 Å². The van der Waals surface area contributed by atoms with Crippen molar-refractivity contribution in [2.45, 2.75) is 32.4 Å². The first kappa shape index (κ1) is 18.0. The van der Waals surface area contributed by atoms with Crippen molar-refractivity contribution in [1.82, 2.24) is 10.2 Å². The Balaban J connectivity index is 1.72. The third-order valence-electron chi connectivity index (χ3n) is 3.96. The molecule has 0 radical (unpaired) electrons. The van der Waals surface area contributed by atoms with E-state index in [2.05, 4.69) is 29.4 Å². The van der Waals surface area contributed by atoms with E-state index < -0.39 is 0 Å². The quantitative estimate of drug-likeness (QED) is 0.734. The number of carbonyl (C=O) groups is 1. The summed E-state index contributed by atoms with van der Waals surface area (Å²) in [7, 11) is 2.07. The van der Waals surface area contributed by atoms with Crippen molar-refractivity contribution in [3.8, 4) is 0 Å². The SMILES string of the molecule is CC(CN(C)Cc1ccccc1)NC(=O)CCc1ccccc1N. The fourth-order valence-corrected chi connectivity index (χ4v) is 2.83. The van der Waals surface area contributed by atoms with Gasteiger partial charge in [0.2, 0.25) is 5.91 Å². The number of amides is 1. The monoisotopic (exact) mass is 325 g/mol. The summed E-state index contributed by atoms with van der Waals surface area (Å²) >= 11 is 0. The highest BCUT2D eigenvalue weighted by molar-refractivity contribution is 5.76. The van der Waals surface area contributed by atoms with Crippen molar-refractivity contribution in [2.24, 2.45) is 0 Å². The normalized spacial score (nSPS) is 12.1. The molecule has 0 fully saturated rings. The maximum atomic E-state index is 12.1. The summed E-state index contributed by atoms with van der Waals surface area (Å²) in [6.45, 7) is 3.73. The molecule has 3 N–H and O–H groups in total. The first-order chi connectivity index (χ1) is 11.5. The highest BCUT2D eigenvalue weighted by atomic mass is 16.1. The van der Waals surface area contributed by atoms with Gasteiger partial charge in [-0.1, -0.05) is 48.5 Å². The number of aryl methyl sites for hydroxylation is 1. The Labute approximate surface area is 144 Å². The third kappa shape index (κ3) is 6.05. The molecule has 0 bridgehead atoms. The van der Waals surface area contributed by atoms with E-state index in [0.29, 0.717) is 12.8 Å². The second-order valence-corrected chi connectivity index (χ2v) is 6.35. The second kappa shape index (κ2) is 9.08. The summed E-state index contributed by atoms with van der Waals surface area (Å²) in [5.41, 5.74) is 8.96. The molecule has 0 saturated heterocycles. The van der Waals surface area contributed by atoms with Crippen LogP contribution in [0.4, 0.5) is 5.69 Å². The molecular weight excluding hydrogens is 298 g/mol. The van der Waals surface area contributed by atoms with Gasteiger partial charge in [0, 0.05) is 31.2 Å². The first-order valence-electron chi connectivity index (χ1n) is 8.40. The molecule has 1 atom stereocenters. The van der Waals surface area contributed by atoms with Gasteiger partial charge in [-0.2, -0.15) is 0 Å². The number of benzene rings is 2. The summed E-state index contributed by atoms with van der Waals surface area (Å²) in [6, 6.07) is 18.1. The number of carbonyl (C=O) groups excluding carboxylic acids is 1. The molecule has 0 aliphatic rings. The number of para-hydroxylation sites is 1. The van der Waals surface area contributed by atoms with Crippen LogP contribution in [-0.2, 0) is 17.8 Å². The van der Waals surface area contributed by atoms with Crippen LogP contribution in [0.2, 0.25) is 0 Å². The van der Waals surface area contributed by atoms with Crippen LogP contribution in [-0.4, -0.2) is 30.4 Å². The van der Waals surface area contributed by atoms with Crippen LogP contribution in [0.3, 0.4) is 0 Å². The Morgan fingerprint density at radius 1 is 1.12 bits per heavy atom. The van der Waals surface area contributed by atoms with E-state index in [1.54, 1.807) is 0 Å². The summed E-state index contributed by atoms with van der Waals surface area (Å²) < 4.78 is 0. The fourth-order valence-electron chi connectivity index (χ4n) is 2.83. The van der Waals surface area contributed by atoms with Crippen LogP contribution in [0.5, 0.6) is 0 Å². The molecule has 128 valence electrons. The van der Waals surface area contributed by atoms with E-state index in [1.807, 2.05) is 49.4 Å². The average molecular weight is 325 g/mol. The van der Waals surface area contributed by atoms with Gasteiger partial charge in [-0.25, -0.2) is 0 Å².